The number of nitrogens with zero attached hydrogens (tertiary/aromatic N) is 3. The summed E-state index contributed by atoms with van der Waals surface area (Å²) < 4.78 is 1.83. The fraction of sp³-hybridized carbons (Fsp3) is 0.133. The first kappa shape index (κ1) is 15.3. The monoisotopic (exact) mass is 331 g/mol. The van der Waals surface area contributed by atoms with Gasteiger partial charge in [0.1, 0.15) is 5.82 Å². The predicted molar refractivity (Wildman–Crippen MR) is 89.9 cm³/mol. The molecule has 0 fully saturated rings. The first-order valence-electron chi connectivity index (χ1n) is 6.92. The summed E-state index contributed by atoms with van der Waals surface area (Å²) in [6.45, 7) is 0.501. The first-order chi connectivity index (χ1) is 11.0. The Balaban J connectivity index is 2.20. The van der Waals surface area contributed by atoms with Crippen LogP contribution in [-0.4, -0.2) is 21.0 Å². The highest BCUT2D eigenvalue weighted by atomic mass is 35.5. The second-order valence-corrected chi connectivity index (χ2v) is 5.49. The van der Waals surface area contributed by atoms with Crippen molar-refractivity contribution in [3.05, 3.63) is 57.2 Å². The summed E-state index contributed by atoms with van der Waals surface area (Å²) in [5, 5.41) is 12.5. The van der Waals surface area contributed by atoms with Gasteiger partial charge in [-0.3, -0.25) is 10.1 Å². The molecule has 23 heavy (non-hydrogen) atoms. The zero-order valence-electron chi connectivity index (χ0n) is 12.1. The lowest BCUT2D eigenvalue weighted by Gasteiger charge is -2.05. The van der Waals surface area contributed by atoms with Gasteiger partial charge in [-0.05, 0) is 42.8 Å². The lowest BCUT2D eigenvalue weighted by atomic mass is 10.1. The molecule has 0 bridgehead atoms. The molecule has 0 saturated heterocycles. The van der Waals surface area contributed by atoms with Crippen LogP contribution in [0.3, 0.4) is 0 Å². The Morgan fingerprint density at radius 2 is 2.09 bits per heavy atom. The number of fused-ring (bicyclic) bond motifs is 1. The molecular formula is C15H14ClN5O2. The molecular weight excluding hydrogens is 318 g/mol. The second kappa shape index (κ2) is 5.86. The largest absolute Gasteiger partial charge is 0.378 e. The quantitative estimate of drug-likeness (QED) is 0.563. The van der Waals surface area contributed by atoms with Gasteiger partial charge in [0.15, 0.2) is 0 Å². The number of aromatic nitrogens is 2. The van der Waals surface area contributed by atoms with Gasteiger partial charge in [0.2, 0.25) is 5.82 Å². The number of rotatable bonds is 4. The van der Waals surface area contributed by atoms with E-state index in [0.29, 0.717) is 23.8 Å². The molecule has 0 radical (unpaired) electrons. The molecule has 2 aromatic heterocycles. The van der Waals surface area contributed by atoms with Crippen molar-refractivity contribution in [2.75, 3.05) is 12.3 Å². The summed E-state index contributed by atoms with van der Waals surface area (Å²) in [6.07, 6.45) is 2.59. The van der Waals surface area contributed by atoms with Crippen LogP contribution < -0.4 is 11.5 Å². The average molecular weight is 332 g/mol. The van der Waals surface area contributed by atoms with Crippen molar-refractivity contribution < 1.29 is 4.92 Å². The molecule has 7 nitrogen and oxygen atoms in total. The molecule has 0 spiro atoms. The third-order valence-electron chi connectivity index (χ3n) is 3.59. The SMILES string of the molecule is NCCc1cn(-c2ccc([N+](=O)[O-])c(N)n2)c2ccc(Cl)cc12. The zero-order chi connectivity index (χ0) is 16.6. The van der Waals surface area contributed by atoms with Crippen molar-refractivity contribution in [3.63, 3.8) is 0 Å². The molecule has 0 atom stereocenters. The number of anilines is 1. The van der Waals surface area contributed by atoms with E-state index in [1.807, 2.05) is 22.9 Å². The van der Waals surface area contributed by atoms with Crippen LogP contribution in [0.4, 0.5) is 11.5 Å². The number of pyridine rings is 1. The van der Waals surface area contributed by atoms with Crippen LogP contribution >= 0.6 is 11.6 Å². The molecule has 8 heteroatoms. The van der Waals surface area contributed by atoms with Gasteiger partial charge in [-0.25, -0.2) is 4.98 Å². The van der Waals surface area contributed by atoms with Gasteiger partial charge in [0.05, 0.1) is 10.4 Å². The number of hydrogen-bond donors (Lipinski definition) is 2. The Bertz CT molecular complexity index is 906. The van der Waals surface area contributed by atoms with E-state index in [0.717, 1.165) is 16.5 Å². The van der Waals surface area contributed by atoms with E-state index < -0.39 is 4.92 Å². The van der Waals surface area contributed by atoms with Gasteiger partial charge >= 0.3 is 5.69 Å². The molecule has 0 saturated carbocycles. The summed E-state index contributed by atoms with van der Waals surface area (Å²) >= 11 is 6.08. The van der Waals surface area contributed by atoms with Crippen molar-refractivity contribution in [2.24, 2.45) is 5.73 Å². The van der Waals surface area contributed by atoms with Crippen LogP contribution in [0.15, 0.2) is 36.5 Å². The van der Waals surface area contributed by atoms with Crippen LogP contribution in [0.1, 0.15) is 5.56 Å². The zero-order valence-corrected chi connectivity index (χ0v) is 12.8. The highest BCUT2D eigenvalue weighted by molar-refractivity contribution is 6.31. The summed E-state index contributed by atoms with van der Waals surface area (Å²) in [5.41, 5.74) is 13.1. The van der Waals surface area contributed by atoms with Gasteiger partial charge in [-0.15, -0.1) is 0 Å². The molecule has 0 amide bonds. The van der Waals surface area contributed by atoms with E-state index >= 15 is 0 Å². The van der Waals surface area contributed by atoms with Gasteiger partial charge < -0.3 is 16.0 Å². The maximum Gasteiger partial charge on any atom is 0.311 e. The molecule has 0 unspecified atom stereocenters. The van der Waals surface area contributed by atoms with E-state index in [2.05, 4.69) is 4.98 Å². The predicted octanol–water partition coefficient (Wildman–Crippen LogP) is 2.67. The molecule has 118 valence electrons. The Hall–Kier alpha value is -2.64. The third-order valence-corrected chi connectivity index (χ3v) is 3.83. The van der Waals surface area contributed by atoms with E-state index in [1.165, 1.54) is 6.07 Å². The van der Waals surface area contributed by atoms with E-state index in [4.69, 9.17) is 23.1 Å². The van der Waals surface area contributed by atoms with E-state index in [-0.39, 0.29) is 11.5 Å². The number of halogens is 1. The first-order valence-corrected chi connectivity index (χ1v) is 7.30. The summed E-state index contributed by atoms with van der Waals surface area (Å²) in [6, 6.07) is 8.43. The van der Waals surface area contributed by atoms with Gasteiger partial charge in [-0.2, -0.15) is 0 Å². The summed E-state index contributed by atoms with van der Waals surface area (Å²) in [5.74, 6) is 0.382. The average Bonchev–Trinajstić information content (AvgIpc) is 2.85. The molecule has 0 aliphatic rings. The minimum absolute atomic E-state index is 0.122. The van der Waals surface area contributed by atoms with Gasteiger partial charge in [0, 0.05) is 22.7 Å². The van der Waals surface area contributed by atoms with Gasteiger partial charge in [0.25, 0.3) is 0 Å². The lowest BCUT2D eigenvalue weighted by molar-refractivity contribution is -0.384. The lowest BCUT2D eigenvalue weighted by Crippen LogP contribution is -2.03. The summed E-state index contributed by atoms with van der Waals surface area (Å²) in [7, 11) is 0. The second-order valence-electron chi connectivity index (χ2n) is 5.06. The topological polar surface area (TPSA) is 113 Å². The number of nitro groups is 1. The highest BCUT2D eigenvalue weighted by Crippen LogP contribution is 2.29. The van der Waals surface area contributed by atoms with Crippen molar-refractivity contribution in [3.8, 4) is 5.82 Å². The van der Waals surface area contributed by atoms with Crippen LogP contribution in [0.25, 0.3) is 16.7 Å². The van der Waals surface area contributed by atoms with Crippen LogP contribution in [0, 0.1) is 10.1 Å². The van der Waals surface area contributed by atoms with Crippen molar-refractivity contribution in [2.45, 2.75) is 6.42 Å². The van der Waals surface area contributed by atoms with Crippen molar-refractivity contribution in [1.82, 2.24) is 9.55 Å². The van der Waals surface area contributed by atoms with Crippen LogP contribution in [0.5, 0.6) is 0 Å². The molecule has 1 aromatic carbocycles. The fourth-order valence-electron chi connectivity index (χ4n) is 2.56. The standard InChI is InChI=1S/C15H14ClN5O2/c16-10-1-2-12-11(7-10)9(5-6-17)8-20(12)14-4-3-13(21(22)23)15(18)19-14/h1-4,7-8H,5-6,17H2,(H2,18,19). The van der Waals surface area contributed by atoms with Crippen LogP contribution in [0.2, 0.25) is 5.02 Å². The normalized spacial score (nSPS) is 11.0. The Kier molecular flexibility index (Phi) is 3.89. The minimum Gasteiger partial charge on any atom is -0.378 e. The fourth-order valence-corrected chi connectivity index (χ4v) is 2.73. The number of nitrogen functional groups attached to an aromatic ring is 1. The number of nitrogens with two attached hydrogens (primary N) is 2. The Morgan fingerprint density at radius 1 is 1.30 bits per heavy atom. The Labute approximate surface area is 136 Å². The molecule has 0 aliphatic heterocycles. The number of hydrogen-bond acceptors (Lipinski definition) is 5. The maximum atomic E-state index is 10.9. The highest BCUT2D eigenvalue weighted by Gasteiger charge is 2.16. The molecule has 0 aliphatic carbocycles. The van der Waals surface area contributed by atoms with Crippen molar-refractivity contribution >= 4 is 34.0 Å². The third kappa shape index (κ3) is 2.71. The van der Waals surface area contributed by atoms with Gasteiger partial charge in [-0.1, -0.05) is 11.6 Å². The maximum absolute atomic E-state index is 10.9. The molecule has 4 N–H and O–H groups in total. The minimum atomic E-state index is -0.556. The smallest absolute Gasteiger partial charge is 0.311 e. The molecule has 3 aromatic rings. The van der Waals surface area contributed by atoms with Crippen molar-refractivity contribution in [1.29, 1.82) is 0 Å². The molecule has 2 heterocycles. The van der Waals surface area contributed by atoms with Crippen LogP contribution in [-0.2, 0) is 6.42 Å². The number of benzene rings is 1. The molecule has 3 rings (SSSR count). The summed E-state index contributed by atoms with van der Waals surface area (Å²) in [4.78, 5) is 14.4. The van der Waals surface area contributed by atoms with E-state index in [1.54, 1.807) is 12.1 Å². The van der Waals surface area contributed by atoms with E-state index in [9.17, 15) is 10.1 Å². The Morgan fingerprint density at radius 3 is 2.74 bits per heavy atom.